The van der Waals surface area contributed by atoms with Crippen LogP contribution in [0.3, 0.4) is 0 Å². The molecule has 19 heteroatoms. The molecule has 1 heterocycles. The van der Waals surface area contributed by atoms with Gasteiger partial charge in [-0.2, -0.15) is 0 Å². The normalized spacial score (nSPS) is 17.0. The Morgan fingerprint density at radius 2 is 1.17 bits per heavy atom. The van der Waals surface area contributed by atoms with Crippen LogP contribution in [0.5, 0.6) is 23.0 Å². The second kappa shape index (κ2) is 34.9. The molecule has 1 fully saturated rings. The molecule has 0 aromatic heterocycles. The number of primary amides is 1. The zero-order chi connectivity index (χ0) is 64.7. The number of aliphatic hydroxyl groups is 1. The van der Waals surface area contributed by atoms with E-state index >= 15 is 0 Å². The fourth-order valence-corrected chi connectivity index (χ4v) is 10.6. The first-order valence-electron chi connectivity index (χ1n) is 31.2. The Labute approximate surface area is 515 Å². The monoisotopic (exact) mass is 1210 g/mol. The Morgan fingerprint density at radius 1 is 0.663 bits per heavy atom. The molecule has 86 heavy (non-hydrogen) atoms. The van der Waals surface area contributed by atoms with E-state index < -0.39 is 64.9 Å². The summed E-state index contributed by atoms with van der Waals surface area (Å²) in [5.41, 5.74) is 4.89. The van der Waals surface area contributed by atoms with Gasteiger partial charge in [0.1, 0.15) is 17.3 Å². The number of cyclic esters (lactones) is 1. The molecule has 8 atom stereocenters. The smallest absolute Gasteiger partial charge is 0.408 e. The van der Waals surface area contributed by atoms with Gasteiger partial charge in [-0.05, 0) is 177 Å². The number of amides is 4. The molecule has 1 saturated heterocycles. The average Bonchev–Trinajstić information content (AvgIpc) is 2.44. The number of nitrogens with one attached hydrogen (secondary N) is 3. The topological polar surface area (TPSA) is 251 Å². The Morgan fingerprint density at radius 3 is 1.65 bits per heavy atom. The van der Waals surface area contributed by atoms with Gasteiger partial charge in [0.05, 0.1) is 57.0 Å². The maximum absolute atomic E-state index is 13.7. The summed E-state index contributed by atoms with van der Waals surface area (Å²) in [6.07, 6.45) is 2.55. The lowest BCUT2D eigenvalue weighted by Crippen LogP contribution is -2.49. The summed E-state index contributed by atoms with van der Waals surface area (Å²) in [5.74, 6) is 0.661. The van der Waals surface area contributed by atoms with Gasteiger partial charge in [0.25, 0.3) is 0 Å². The lowest BCUT2D eigenvalue weighted by Gasteiger charge is -2.33. The van der Waals surface area contributed by atoms with E-state index in [-0.39, 0.29) is 65.8 Å². The van der Waals surface area contributed by atoms with Gasteiger partial charge >= 0.3 is 18.2 Å². The standard InChI is InChI=1S/C67H112N4O15/c1-42(2)47(36-51(70-62(76)85-64(7,8)9)53(72)39-50(44(5)6)59(73)69-41-67(15,16)61(68)75)32-45-22-24-55(80-19)58(34-45)83-30-21-28-81-31-26-66(13,14)40-49-38-56(84-60(49)74)52(71-63(77)86-65(10,11)12)37-48(43(3)4)33-46-23-25-54(79-18)57(35-46)82-29-20-27-78-17/h22-25,34-35,42-44,47-53,56,72H,20-21,26-33,36-41H2,1-19H3,(H2,68,75)(H,69,73)(H,70,76)(H,71,77). The molecule has 8 unspecified atom stereocenters. The van der Waals surface area contributed by atoms with Crippen LogP contribution in [0.2, 0.25) is 0 Å². The van der Waals surface area contributed by atoms with Gasteiger partial charge in [-0.1, -0.05) is 67.5 Å². The molecule has 0 spiro atoms. The van der Waals surface area contributed by atoms with Crippen LogP contribution >= 0.6 is 0 Å². The highest BCUT2D eigenvalue weighted by Gasteiger charge is 2.43. The van der Waals surface area contributed by atoms with E-state index in [2.05, 4.69) is 57.5 Å². The largest absolute Gasteiger partial charge is 0.493 e. The maximum Gasteiger partial charge on any atom is 0.408 e. The number of alkyl carbamates (subject to hydrolysis) is 2. The highest BCUT2D eigenvalue weighted by atomic mass is 16.6. The van der Waals surface area contributed by atoms with Gasteiger partial charge in [0.15, 0.2) is 23.0 Å². The van der Waals surface area contributed by atoms with Gasteiger partial charge in [-0.25, -0.2) is 9.59 Å². The van der Waals surface area contributed by atoms with Crippen LogP contribution in [-0.2, 0) is 50.9 Å². The van der Waals surface area contributed by atoms with Gasteiger partial charge in [-0.3, -0.25) is 14.4 Å². The summed E-state index contributed by atoms with van der Waals surface area (Å²) in [4.78, 5) is 65.9. The first kappa shape index (κ1) is 74.7. The number of benzene rings is 2. The third-order valence-corrected chi connectivity index (χ3v) is 16.1. The number of hydrogen-bond acceptors (Lipinski definition) is 15. The van der Waals surface area contributed by atoms with Gasteiger partial charge in [0.2, 0.25) is 11.8 Å². The lowest BCUT2D eigenvalue weighted by atomic mass is 9.78. The summed E-state index contributed by atoms with van der Waals surface area (Å²) in [5, 5.41) is 20.8. The molecule has 0 saturated carbocycles. The van der Waals surface area contributed by atoms with Crippen molar-refractivity contribution in [1.82, 2.24) is 16.0 Å². The highest BCUT2D eigenvalue weighted by molar-refractivity contribution is 5.83. The van der Waals surface area contributed by atoms with Crippen molar-refractivity contribution >= 4 is 30.0 Å². The summed E-state index contributed by atoms with van der Waals surface area (Å²) < 4.78 is 52.6. The molecule has 490 valence electrons. The molecular weight excluding hydrogens is 1100 g/mol. The molecule has 0 bridgehead atoms. The van der Waals surface area contributed by atoms with Gasteiger partial charge < -0.3 is 69.4 Å². The fourth-order valence-electron chi connectivity index (χ4n) is 10.6. The number of ether oxygens (including phenoxy) is 9. The minimum Gasteiger partial charge on any atom is -0.493 e. The summed E-state index contributed by atoms with van der Waals surface area (Å²) >= 11 is 0. The third kappa shape index (κ3) is 26.8. The first-order chi connectivity index (χ1) is 40.1. The van der Waals surface area contributed by atoms with Crippen LogP contribution in [0, 0.1) is 52.3 Å². The molecule has 4 amide bonds. The van der Waals surface area contributed by atoms with Crippen LogP contribution in [-0.4, -0.2) is 131 Å². The summed E-state index contributed by atoms with van der Waals surface area (Å²) in [7, 11) is 4.88. The number of hydrogen-bond donors (Lipinski definition) is 5. The number of carbonyl (C=O) groups excluding carboxylic acids is 5. The van der Waals surface area contributed by atoms with Crippen LogP contribution in [0.1, 0.15) is 173 Å². The van der Waals surface area contributed by atoms with Crippen molar-refractivity contribution in [2.24, 2.45) is 58.0 Å². The fraction of sp³-hybridized carbons (Fsp3) is 0.746. The molecule has 2 aromatic rings. The van der Waals surface area contributed by atoms with Crippen LogP contribution in [0.4, 0.5) is 9.59 Å². The first-order valence-corrected chi connectivity index (χ1v) is 31.2. The van der Waals surface area contributed by atoms with E-state index in [0.717, 1.165) is 17.5 Å². The van der Waals surface area contributed by atoms with Gasteiger partial charge in [-0.15, -0.1) is 0 Å². The quantitative estimate of drug-likeness (QED) is 0.0238. The Bertz CT molecular complexity index is 2410. The molecular formula is C67H112N4O15. The van der Waals surface area contributed by atoms with Crippen molar-refractivity contribution in [3.8, 4) is 23.0 Å². The SMILES string of the molecule is COCCCOc1cc(CC(CC(NC(=O)OC(C)(C)C)C2CC(CC(C)(C)CCOCCCOc3cc(CC(CC(NC(=O)OC(C)(C)C)C(O)CC(C(=O)NCC(C)(C)C(N)=O)C(C)C)C(C)C)ccc3OC)C(=O)O2)C(C)C)ccc1OC. The van der Waals surface area contributed by atoms with Crippen molar-refractivity contribution in [3.05, 3.63) is 47.5 Å². The number of rotatable bonds is 38. The molecule has 0 aliphatic carbocycles. The van der Waals surface area contributed by atoms with Crippen molar-refractivity contribution in [1.29, 1.82) is 0 Å². The van der Waals surface area contributed by atoms with E-state index in [9.17, 15) is 29.1 Å². The van der Waals surface area contributed by atoms with Crippen molar-refractivity contribution < 1.29 is 71.7 Å². The Hall–Kier alpha value is -5.53. The zero-order valence-electron chi connectivity index (χ0n) is 55.9. The summed E-state index contributed by atoms with van der Waals surface area (Å²) in [6.45, 7) is 33.2. The lowest BCUT2D eigenvalue weighted by molar-refractivity contribution is -0.146. The average molecular weight is 1210 g/mol. The van der Waals surface area contributed by atoms with Crippen LogP contribution in [0.15, 0.2) is 36.4 Å². The third-order valence-electron chi connectivity index (χ3n) is 16.1. The molecule has 0 radical (unpaired) electrons. The van der Waals surface area contributed by atoms with E-state index in [1.54, 1.807) is 55.9 Å². The minimum absolute atomic E-state index is 0.0312. The number of carbonyl (C=O) groups is 5. The number of nitrogens with two attached hydrogens (primary N) is 1. The molecule has 6 N–H and O–H groups in total. The minimum atomic E-state index is -1.11. The van der Waals surface area contributed by atoms with Crippen molar-refractivity contribution in [2.75, 3.05) is 60.9 Å². The number of methoxy groups -OCH3 is 3. The molecule has 2 aromatic carbocycles. The second-order valence-corrected chi connectivity index (χ2v) is 28.0. The second-order valence-electron chi connectivity index (χ2n) is 28.0. The Kier molecular flexibility index (Phi) is 30.3. The van der Waals surface area contributed by atoms with Gasteiger partial charge in [0, 0.05) is 52.2 Å². The highest BCUT2D eigenvalue weighted by Crippen LogP contribution is 2.39. The van der Waals surface area contributed by atoms with Crippen LogP contribution < -0.4 is 40.6 Å². The van der Waals surface area contributed by atoms with E-state index in [0.29, 0.717) is 107 Å². The predicted octanol–water partition coefficient (Wildman–Crippen LogP) is 11.2. The van der Waals surface area contributed by atoms with Crippen LogP contribution in [0.25, 0.3) is 0 Å². The zero-order valence-corrected chi connectivity index (χ0v) is 55.9. The van der Waals surface area contributed by atoms with E-state index in [1.165, 1.54) is 0 Å². The number of esters is 1. The van der Waals surface area contributed by atoms with Crippen molar-refractivity contribution in [2.45, 2.75) is 210 Å². The van der Waals surface area contributed by atoms with Crippen molar-refractivity contribution in [3.63, 3.8) is 0 Å². The molecule has 19 nitrogen and oxygen atoms in total. The Balaban J connectivity index is 1.65. The summed E-state index contributed by atoms with van der Waals surface area (Å²) in [6, 6.07) is 10.6. The van der Waals surface area contributed by atoms with E-state index in [4.69, 9.17) is 48.4 Å². The molecule has 1 aliphatic rings. The molecule has 3 rings (SSSR count). The maximum atomic E-state index is 13.7. The predicted molar refractivity (Wildman–Crippen MR) is 334 cm³/mol. The molecule has 1 aliphatic heterocycles. The van der Waals surface area contributed by atoms with E-state index in [1.807, 2.05) is 71.0 Å². The number of aliphatic hydroxyl groups excluding tert-OH is 1.